The van der Waals surface area contributed by atoms with Crippen LogP contribution in [-0.4, -0.2) is 45.7 Å². The molecule has 1 aliphatic rings. The maximum Gasteiger partial charge on any atom is 0.247 e. The Morgan fingerprint density at radius 1 is 1.40 bits per heavy atom. The van der Waals surface area contributed by atoms with Gasteiger partial charge in [-0.1, -0.05) is 30.2 Å². The van der Waals surface area contributed by atoms with Crippen LogP contribution in [0.25, 0.3) is 11.4 Å². The lowest BCUT2D eigenvalue weighted by Crippen LogP contribution is -2.35. The summed E-state index contributed by atoms with van der Waals surface area (Å²) in [6, 6.07) is 6.72. The van der Waals surface area contributed by atoms with E-state index in [4.69, 9.17) is 11.6 Å². The van der Waals surface area contributed by atoms with Gasteiger partial charge in [0.05, 0.1) is 0 Å². The molecule has 132 valence electrons. The molecule has 0 aliphatic carbocycles. The number of tetrazole rings is 1. The van der Waals surface area contributed by atoms with E-state index >= 15 is 0 Å². The van der Waals surface area contributed by atoms with Gasteiger partial charge in [-0.05, 0) is 48.9 Å². The van der Waals surface area contributed by atoms with Gasteiger partial charge in [0.25, 0.3) is 0 Å². The minimum atomic E-state index is -0.476. The van der Waals surface area contributed by atoms with E-state index in [-0.39, 0.29) is 5.91 Å². The lowest BCUT2D eigenvalue weighted by Gasteiger charge is -2.17. The van der Waals surface area contributed by atoms with Gasteiger partial charge in [-0.3, -0.25) is 4.79 Å². The Bertz CT molecular complexity index is 755. The van der Waals surface area contributed by atoms with Gasteiger partial charge in [-0.15, -0.1) is 10.2 Å². The molecule has 0 saturated carbocycles. The van der Waals surface area contributed by atoms with Crippen LogP contribution in [0, 0.1) is 0 Å². The first-order chi connectivity index (χ1) is 12.2. The summed E-state index contributed by atoms with van der Waals surface area (Å²) in [6.45, 7) is 4.31. The van der Waals surface area contributed by atoms with E-state index < -0.39 is 6.04 Å². The molecule has 2 N–H and O–H groups in total. The standard InChI is InChI=1S/C17H21ClN6O/c1-2-15(17(25)20-11-12-7-9-19-10-8-12)24-22-16(21-23-24)13-3-5-14(18)6-4-13/h3-7,15,19H,2,8-11H2,1H3,(H,20,25). The van der Waals surface area contributed by atoms with Crippen molar-refractivity contribution in [1.29, 1.82) is 0 Å². The summed E-state index contributed by atoms with van der Waals surface area (Å²) in [5, 5.41) is 19.4. The third kappa shape index (κ3) is 4.43. The molecule has 1 amide bonds. The van der Waals surface area contributed by atoms with Gasteiger partial charge in [0, 0.05) is 23.7 Å². The van der Waals surface area contributed by atoms with Crippen molar-refractivity contribution in [2.45, 2.75) is 25.8 Å². The number of nitrogens with zero attached hydrogens (tertiary/aromatic N) is 4. The number of carbonyl (C=O) groups is 1. The van der Waals surface area contributed by atoms with E-state index in [1.807, 2.05) is 19.1 Å². The Morgan fingerprint density at radius 2 is 2.20 bits per heavy atom. The molecule has 1 aromatic carbocycles. The van der Waals surface area contributed by atoms with Gasteiger partial charge in [-0.25, -0.2) is 0 Å². The minimum absolute atomic E-state index is 0.0954. The summed E-state index contributed by atoms with van der Waals surface area (Å²) in [5.41, 5.74) is 2.06. The second-order valence-corrected chi connectivity index (χ2v) is 6.34. The van der Waals surface area contributed by atoms with Crippen molar-refractivity contribution >= 4 is 17.5 Å². The molecule has 7 nitrogen and oxygen atoms in total. The van der Waals surface area contributed by atoms with Crippen molar-refractivity contribution in [1.82, 2.24) is 30.8 Å². The molecule has 1 atom stereocenters. The molecule has 1 aliphatic heterocycles. The molecule has 0 bridgehead atoms. The molecular formula is C17H21ClN6O. The summed E-state index contributed by atoms with van der Waals surface area (Å²) in [5.74, 6) is 0.381. The van der Waals surface area contributed by atoms with Crippen LogP contribution in [0.3, 0.4) is 0 Å². The smallest absolute Gasteiger partial charge is 0.247 e. The minimum Gasteiger partial charge on any atom is -0.350 e. The van der Waals surface area contributed by atoms with Gasteiger partial charge in [0.1, 0.15) is 0 Å². The van der Waals surface area contributed by atoms with Crippen LogP contribution >= 0.6 is 11.6 Å². The van der Waals surface area contributed by atoms with E-state index in [2.05, 4.69) is 32.1 Å². The summed E-state index contributed by atoms with van der Waals surface area (Å²) in [4.78, 5) is 13.9. The highest BCUT2D eigenvalue weighted by atomic mass is 35.5. The van der Waals surface area contributed by atoms with Crippen LogP contribution in [0.15, 0.2) is 35.9 Å². The van der Waals surface area contributed by atoms with Crippen LogP contribution in [0.1, 0.15) is 25.8 Å². The van der Waals surface area contributed by atoms with E-state index in [9.17, 15) is 4.79 Å². The molecular weight excluding hydrogens is 340 g/mol. The zero-order chi connectivity index (χ0) is 17.6. The highest BCUT2D eigenvalue weighted by Crippen LogP contribution is 2.18. The zero-order valence-corrected chi connectivity index (χ0v) is 14.8. The van der Waals surface area contributed by atoms with Crippen molar-refractivity contribution in [2.75, 3.05) is 19.6 Å². The van der Waals surface area contributed by atoms with E-state index in [1.54, 1.807) is 12.1 Å². The summed E-state index contributed by atoms with van der Waals surface area (Å²) in [6.07, 6.45) is 3.67. The molecule has 25 heavy (non-hydrogen) atoms. The lowest BCUT2D eigenvalue weighted by molar-refractivity contribution is -0.124. The van der Waals surface area contributed by atoms with Crippen molar-refractivity contribution < 1.29 is 4.79 Å². The normalized spacial score (nSPS) is 15.5. The second kappa shape index (κ2) is 8.22. The van der Waals surface area contributed by atoms with E-state index in [1.165, 1.54) is 10.4 Å². The van der Waals surface area contributed by atoms with E-state index in [0.29, 0.717) is 23.8 Å². The van der Waals surface area contributed by atoms with Crippen molar-refractivity contribution in [2.24, 2.45) is 0 Å². The number of nitrogens with one attached hydrogen (secondary N) is 2. The van der Waals surface area contributed by atoms with Gasteiger partial charge in [-0.2, -0.15) is 4.80 Å². The van der Waals surface area contributed by atoms with Gasteiger partial charge in [0.2, 0.25) is 11.7 Å². The topological polar surface area (TPSA) is 84.7 Å². The molecule has 0 saturated heterocycles. The highest BCUT2D eigenvalue weighted by Gasteiger charge is 2.22. The lowest BCUT2D eigenvalue weighted by atomic mass is 10.1. The van der Waals surface area contributed by atoms with Gasteiger partial charge >= 0.3 is 0 Å². The number of amides is 1. The Morgan fingerprint density at radius 3 is 2.88 bits per heavy atom. The Balaban J connectivity index is 1.67. The number of halogens is 1. The molecule has 0 fully saturated rings. The summed E-state index contributed by atoms with van der Waals surface area (Å²) >= 11 is 5.89. The molecule has 8 heteroatoms. The first-order valence-corrected chi connectivity index (χ1v) is 8.77. The molecule has 0 radical (unpaired) electrons. The number of rotatable bonds is 6. The monoisotopic (exact) mass is 360 g/mol. The fourth-order valence-electron chi connectivity index (χ4n) is 2.67. The molecule has 2 aromatic rings. The van der Waals surface area contributed by atoms with Crippen molar-refractivity contribution in [3.63, 3.8) is 0 Å². The molecule has 1 aromatic heterocycles. The SMILES string of the molecule is CCC(C(=O)NCC1=CCNCC1)n1nnc(-c2ccc(Cl)cc2)n1. The van der Waals surface area contributed by atoms with Gasteiger partial charge in [0.15, 0.2) is 6.04 Å². The average Bonchev–Trinajstić information content (AvgIpc) is 3.12. The first kappa shape index (κ1) is 17.6. The summed E-state index contributed by atoms with van der Waals surface area (Å²) in [7, 11) is 0. The number of benzene rings is 1. The van der Waals surface area contributed by atoms with Crippen molar-refractivity contribution in [3.8, 4) is 11.4 Å². The number of hydrogen-bond acceptors (Lipinski definition) is 5. The third-order valence-corrected chi connectivity index (χ3v) is 4.40. The van der Waals surface area contributed by atoms with Crippen LogP contribution in [0.4, 0.5) is 0 Å². The number of hydrogen-bond donors (Lipinski definition) is 2. The van der Waals surface area contributed by atoms with Crippen LogP contribution in [-0.2, 0) is 4.79 Å². The maximum atomic E-state index is 12.5. The molecule has 3 rings (SSSR count). The number of aromatic nitrogens is 4. The molecule has 2 heterocycles. The van der Waals surface area contributed by atoms with Crippen LogP contribution in [0.2, 0.25) is 5.02 Å². The largest absolute Gasteiger partial charge is 0.350 e. The summed E-state index contributed by atoms with van der Waals surface area (Å²) < 4.78 is 0. The quantitative estimate of drug-likeness (QED) is 0.769. The highest BCUT2D eigenvalue weighted by molar-refractivity contribution is 6.30. The van der Waals surface area contributed by atoms with Gasteiger partial charge < -0.3 is 10.6 Å². The fourth-order valence-corrected chi connectivity index (χ4v) is 2.80. The fraction of sp³-hybridized carbons (Fsp3) is 0.412. The second-order valence-electron chi connectivity index (χ2n) is 5.90. The predicted octanol–water partition coefficient (Wildman–Crippen LogP) is 1.98. The van der Waals surface area contributed by atoms with Crippen molar-refractivity contribution in [3.05, 3.63) is 40.9 Å². The maximum absolute atomic E-state index is 12.5. The third-order valence-electron chi connectivity index (χ3n) is 4.15. The molecule has 1 unspecified atom stereocenters. The Kier molecular flexibility index (Phi) is 5.78. The Hall–Kier alpha value is -2.25. The zero-order valence-electron chi connectivity index (χ0n) is 14.1. The Labute approximate surface area is 151 Å². The van der Waals surface area contributed by atoms with E-state index in [0.717, 1.165) is 25.1 Å². The molecule has 0 spiro atoms. The number of carbonyl (C=O) groups excluding carboxylic acids is 1. The van der Waals surface area contributed by atoms with Crippen LogP contribution < -0.4 is 10.6 Å². The average molecular weight is 361 g/mol. The predicted molar refractivity (Wildman–Crippen MR) is 96.2 cm³/mol. The first-order valence-electron chi connectivity index (χ1n) is 8.39. The van der Waals surface area contributed by atoms with Crippen LogP contribution in [0.5, 0.6) is 0 Å².